The normalized spacial score (nSPS) is 17.4. The number of H-pyrrole nitrogens is 1. The summed E-state index contributed by atoms with van der Waals surface area (Å²) in [4.78, 5) is 7.22. The molecular weight excluding hydrogens is 339 g/mol. The highest BCUT2D eigenvalue weighted by atomic mass is 32.2. The van der Waals surface area contributed by atoms with E-state index in [0.29, 0.717) is 21.8 Å². The van der Waals surface area contributed by atoms with Crippen molar-refractivity contribution in [3.63, 3.8) is 0 Å². The zero-order chi connectivity index (χ0) is 17.1. The van der Waals surface area contributed by atoms with E-state index < -0.39 is 5.92 Å². The lowest BCUT2D eigenvalue weighted by atomic mass is 10.0. The van der Waals surface area contributed by atoms with Crippen molar-refractivity contribution >= 4 is 22.9 Å². The maximum atomic E-state index is 14.3. The van der Waals surface area contributed by atoms with Crippen LogP contribution in [0, 0.1) is 12.7 Å². The predicted octanol–water partition coefficient (Wildman–Crippen LogP) is 3.37. The summed E-state index contributed by atoms with van der Waals surface area (Å²) in [5.74, 6) is -2.52. The van der Waals surface area contributed by atoms with Crippen molar-refractivity contribution in [2.24, 2.45) is 7.05 Å². The van der Waals surface area contributed by atoms with Gasteiger partial charge in [-0.15, -0.1) is 0 Å². The summed E-state index contributed by atoms with van der Waals surface area (Å²) in [6.45, 7) is 1.19. The molecule has 0 atom stereocenters. The second kappa shape index (κ2) is 5.25. The van der Waals surface area contributed by atoms with Crippen LogP contribution in [0.2, 0.25) is 0 Å². The number of rotatable bonds is 3. The second-order valence-electron chi connectivity index (χ2n) is 5.96. The van der Waals surface area contributed by atoms with Gasteiger partial charge in [-0.3, -0.25) is 4.68 Å². The van der Waals surface area contributed by atoms with Gasteiger partial charge in [0.05, 0.1) is 23.6 Å². The van der Waals surface area contributed by atoms with Crippen molar-refractivity contribution in [3.8, 4) is 11.4 Å². The molecule has 0 radical (unpaired) electrons. The fourth-order valence-electron chi connectivity index (χ4n) is 2.84. The standard InChI is InChI=1S/C15H14F3N5S/c1-8-3-10(16)13-9(12(8)14-19-7-22(2)21-14)4-11(20-13)24-23-5-15(17,18)6-23/h3-4,7,20H,5-6H2,1-2H3. The van der Waals surface area contributed by atoms with E-state index in [1.807, 2.05) is 0 Å². The molecule has 1 aromatic carbocycles. The number of aromatic amines is 1. The van der Waals surface area contributed by atoms with Crippen LogP contribution < -0.4 is 0 Å². The van der Waals surface area contributed by atoms with Crippen LogP contribution in [0.5, 0.6) is 0 Å². The fraction of sp³-hybridized carbons (Fsp3) is 0.333. The molecule has 2 aromatic heterocycles. The highest BCUT2D eigenvalue weighted by molar-refractivity contribution is 7.97. The molecule has 1 aliphatic rings. The minimum atomic E-state index is -2.64. The molecule has 0 bridgehead atoms. The summed E-state index contributed by atoms with van der Waals surface area (Å²) in [6, 6.07) is 3.19. The van der Waals surface area contributed by atoms with Crippen LogP contribution in [-0.4, -0.2) is 43.1 Å². The van der Waals surface area contributed by atoms with Gasteiger partial charge in [-0.2, -0.15) is 5.10 Å². The monoisotopic (exact) mass is 353 g/mol. The topological polar surface area (TPSA) is 49.7 Å². The molecule has 1 fully saturated rings. The molecule has 4 rings (SSSR count). The van der Waals surface area contributed by atoms with E-state index in [1.165, 1.54) is 22.3 Å². The first-order chi connectivity index (χ1) is 11.3. The lowest BCUT2D eigenvalue weighted by molar-refractivity contribution is -0.0905. The first-order valence-corrected chi connectivity index (χ1v) is 8.08. The van der Waals surface area contributed by atoms with Crippen molar-refractivity contribution in [1.82, 2.24) is 24.1 Å². The minimum Gasteiger partial charge on any atom is -0.346 e. The maximum Gasteiger partial charge on any atom is 0.274 e. The summed E-state index contributed by atoms with van der Waals surface area (Å²) in [7, 11) is 1.76. The molecule has 3 aromatic rings. The van der Waals surface area contributed by atoms with Crippen molar-refractivity contribution in [2.45, 2.75) is 17.9 Å². The quantitative estimate of drug-likeness (QED) is 0.734. The third kappa shape index (κ3) is 2.57. The van der Waals surface area contributed by atoms with Crippen molar-refractivity contribution in [3.05, 3.63) is 29.8 Å². The van der Waals surface area contributed by atoms with Crippen LogP contribution in [-0.2, 0) is 7.05 Å². The Morgan fingerprint density at radius 2 is 2.04 bits per heavy atom. The molecule has 0 amide bonds. The number of halogens is 3. The molecule has 9 heteroatoms. The molecule has 1 aliphatic heterocycles. The minimum absolute atomic E-state index is 0.302. The molecule has 1 N–H and O–H groups in total. The van der Waals surface area contributed by atoms with Crippen molar-refractivity contribution < 1.29 is 13.2 Å². The number of aromatic nitrogens is 4. The number of hydrogen-bond donors (Lipinski definition) is 1. The summed E-state index contributed by atoms with van der Waals surface area (Å²) in [6.07, 6.45) is 1.58. The van der Waals surface area contributed by atoms with Gasteiger partial charge < -0.3 is 4.98 Å². The summed E-state index contributed by atoms with van der Waals surface area (Å²) in [5, 5.41) is 5.55. The number of nitrogens with zero attached hydrogens (tertiary/aromatic N) is 4. The zero-order valence-electron chi connectivity index (χ0n) is 13.0. The van der Waals surface area contributed by atoms with Gasteiger partial charge in [0.25, 0.3) is 5.92 Å². The van der Waals surface area contributed by atoms with Gasteiger partial charge >= 0.3 is 0 Å². The highest BCUT2D eigenvalue weighted by Crippen LogP contribution is 2.39. The van der Waals surface area contributed by atoms with E-state index in [0.717, 1.165) is 11.1 Å². The third-order valence-electron chi connectivity index (χ3n) is 3.90. The van der Waals surface area contributed by atoms with E-state index >= 15 is 0 Å². The van der Waals surface area contributed by atoms with Gasteiger partial charge in [-0.05, 0) is 36.6 Å². The Morgan fingerprint density at radius 1 is 1.29 bits per heavy atom. The van der Waals surface area contributed by atoms with Crippen molar-refractivity contribution in [2.75, 3.05) is 13.1 Å². The molecule has 0 spiro atoms. The Hall–Kier alpha value is -2.00. The van der Waals surface area contributed by atoms with Crippen LogP contribution in [0.3, 0.4) is 0 Å². The predicted molar refractivity (Wildman–Crippen MR) is 85.4 cm³/mol. The van der Waals surface area contributed by atoms with Crippen LogP contribution in [0.1, 0.15) is 5.56 Å². The largest absolute Gasteiger partial charge is 0.346 e. The molecular formula is C15H14F3N5S. The van der Waals surface area contributed by atoms with Crippen LogP contribution in [0.4, 0.5) is 13.2 Å². The van der Waals surface area contributed by atoms with Gasteiger partial charge in [0, 0.05) is 18.0 Å². The lowest BCUT2D eigenvalue weighted by Gasteiger charge is -2.36. The number of aryl methyl sites for hydroxylation is 2. The van der Waals surface area contributed by atoms with E-state index in [2.05, 4.69) is 15.1 Å². The first kappa shape index (κ1) is 15.5. The number of benzene rings is 1. The third-order valence-corrected chi connectivity index (χ3v) is 4.84. The fourth-order valence-corrected chi connectivity index (χ4v) is 3.94. The number of hydrogen-bond acceptors (Lipinski definition) is 4. The second-order valence-corrected chi connectivity index (χ2v) is 7.10. The molecule has 0 saturated carbocycles. The Kier molecular flexibility index (Phi) is 3.40. The van der Waals surface area contributed by atoms with Crippen LogP contribution in [0.15, 0.2) is 23.5 Å². The van der Waals surface area contributed by atoms with Gasteiger partial charge in [0.15, 0.2) is 5.82 Å². The molecule has 24 heavy (non-hydrogen) atoms. The van der Waals surface area contributed by atoms with E-state index in [4.69, 9.17) is 0 Å². The number of alkyl halides is 2. The number of nitrogens with one attached hydrogen (secondary N) is 1. The lowest BCUT2D eigenvalue weighted by Crippen LogP contribution is -2.52. The number of fused-ring (bicyclic) bond motifs is 1. The van der Waals surface area contributed by atoms with Crippen LogP contribution >= 0.6 is 11.9 Å². The summed E-state index contributed by atoms with van der Waals surface area (Å²) in [5.41, 5.74) is 1.79. The maximum absolute atomic E-state index is 14.3. The Morgan fingerprint density at radius 3 is 2.67 bits per heavy atom. The van der Waals surface area contributed by atoms with E-state index in [9.17, 15) is 13.2 Å². The van der Waals surface area contributed by atoms with Gasteiger partial charge in [-0.1, -0.05) is 0 Å². The SMILES string of the molecule is Cc1cc(F)c2[nH]c(SN3CC(F)(F)C3)cc2c1-c1ncn(C)n1. The Balaban J connectivity index is 1.76. The summed E-state index contributed by atoms with van der Waals surface area (Å²) >= 11 is 1.17. The average molecular weight is 353 g/mol. The molecule has 0 unspecified atom stereocenters. The first-order valence-electron chi connectivity index (χ1n) is 7.31. The molecule has 126 valence electrons. The smallest absolute Gasteiger partial charge is 0.274 e. The summed E-state index contributed by atoms with van der Waals surface area (Å²) < 4.78 is 43.3. The highest BCUT2D eigenvalue weighted by Gasteiger charge is 2.44. The van der Waals surface area contributed by atoms with Crippen molar-refractivity contribution in [1.29, 1.82) is 0 Å². The zero-order valence-corrected chi connectivity index (χ0v) is 13.8. The Labute approximate surface area is 140 Å². The Bertz CT molecular complexity index is 925. The van der Waals surface area contributed by atoms with Gasteiger partial charge in [0.1, 0.15) is 12.1 Å². The van der Waals surface area contributed by atoms with Gasteiger partial charge in [0.2, 0.25) is 0 Å². The van der Waals surface area contributed by atoms with Gasteiger partial charge in [-0.25, -0.2) is 22.5 Å². The molecule has 1 saturated heterocycles. The molecule has 5 nitrogen and oxygen atoms in total. The van der Waals surface area contributed by atoms with E-state index in [1.54, 1.807) is 31.0 Å². The molecule has 0 aliphatic carbocycles. The van der Waals surface area contributed by atoms with Crippen LogP contribution in [0.25, 0.3) is 22.3 Å². The van der Waals surface area contributed by atoms with E-state index in [-0.39, 0.29) is 18.9 Å². The molecule has 3 heterocycles. The average Bonchev–Trinajstić information content (AvgIpc) is 3.04.